The van der Waals surface area contributed by atoms with Crippen molar-refractivity contribution in [3.05, 3.63) is 47.3 Å². The number of hydrogen-bond acceptors (Lipinski definition) is 7. The Balaban J connectivity index is 1.90. The summed E-state index contributed by atoms with van der Waals surface area (Å²) < 4.78 is 10.0. The largest absolute Gasteiger partial charge is 0.452 e. The van der Waals surface area contributed by atoms with E-state index in [1.807, 2.05) is 6.07 Å². The van der Waals surface area contributed by atoms with Crippen molar-refractivity contribution in [2.24, 2.45) is 0 Å². The highest BCUT2D eigenvalue weighted by Crippen LogP contribution is 2.26. The van der Waals surface area contributed by atoms with Gasteiger partial charge in [-0.15, -0.1) is 11.8 Å². The number of thioether (sulfide) groups is 1. The number of ether oxygens (including phenoxy) is 1. The van der Waals surface area contributed by atoms with Crippen LogP contribution in [-0.4, -0.2) is 35.7 Å². The number of aryl methyl sites for hydroxylation is 1. The van der Waals surface area contributed by atoms with E-state index in [1.165, 1.54) is 11.8 Å². The van der Waals surface area contributed by atoms with Crippen LogP contribution in [0.25, 0.3) is 0 Å². The highest BCUT2D eigenvalue weighted by molar-refractivity contribution is 7.98. The Hall–Kier alpha value is -2.81. The minimum absolute atomic E-state index is 0.113. The molecule has 1 aromatic heterocycles. The molecule has 0 bridgehead atoms. The summed E-state index contributed by atoms with van der Waals surface area (Å²) in [6.45, 7) is 4.78. The van der Waals surface area contributed by atoms with Crippen molar-refractivity contribution in [1.29, 1.82) is 0 Å². The molecule has 144 valence electrons. The van der Waals surface area contributed by atoms with E-state index >= 15 is 0 Å². The van der Waals surface area contributed by atoms with Crippen molar-refractivity contribution < 1.29 is 23.6 Å². The normalized spacial score (nSPS) is 10.5. The molecule has 0 unspecified atom stereocenters. The van der Waals surface area contributed by atoms with Gasteiger partial charge in [0.15, 0.2) is 6.61 Å². The lowest BCUT2D eigenvalue weighted by molar-refractivity contribution is -0.123. The van der Waals surface area contributed by atoms with Gasteiger partial charge in [-0.25, -0.2) is 9.59 Å². The molecule has 2 rings (SSSR count). The third kappa shape index (κ3) is 6.78. The van der Waals surface area contributed by atoms with E-state index in [0.29, 0.717) is 22.0 Å². The van der Waals surface area contributed by atoms with Crippen LogP contribution in [0.1, 0.15) is 35.7 Å². The van der Waals surface area contributed by atoms with Gasteiger partial charge >= 0.3 is 12.0 Å². The van der Waals surface area contributed by atoms with Gasteiger partial charge in [0.05, 0.1) is 11.3 Å². The second kappa shape index (κ2) is 9.77. The molecule has 0 aliphatic carbocycles. The number of urea groups is 1. The molecule has 2 N–H and O–H groups in total. The number of nitrogens with one attached hydrogen (secondary N) is 2. The maximum atomic E-state index is 12.3. The van der Waals surface area contributed by atoms with Crippen molar-refractivity contribution in [3.8, 4) is 0 Å². The molecule has 1 aromatic carbocycles. The highest BCUT2D eigenvalue weighted by atomic mass is 32.2. The maximum absolute atomic E-state index is 12.3. The summed E-state index contributed by atoms with van der Waals surface area (Å²) in [5.41, 5.74) is 1.10. The number of rotatable bonds is 7. The minimum Gasteiger partial charge on any atom is -0.452 e. The quantitative estimate of drug-likeness (QED) is 0.551. The first kappa shape index (κ1) is 20.5. The maximum Gasteiger partial charge on any atom is 0.339 e. The van der Waals surface area contributed by atoms with Crippen LogP contribution in [-0.2, 0) is 15.3 Å². The van der Waals surface area contributed by atoms with E-state index in [2.05, 4.69) is 15.8 Å². The molecule has 1 heterocycles. The average Bonchev–Trinajstić information content (AvgIpc) is 3.02. The first-order valence-corrected chi connectivity index (χ1v) is 9.25. The first-order valence-electron chi connectivity index (χ1n) is 8.26. The number of esters is 1. The minimum atomic E-state index is -0.704. The van der Waals surface area contributed by atoms with Crippen LogP contribution >= 0.6 is 11.8 Å². The van der Waals surface area contributed by atoms with Gasteiger partial charge in [-0.2, -0.15) is 0 Å². The topological polar surface area (TPSA) is 111 Å². The van der Waals surface area contributed by atoms with Gasteiger partial charge in [-0.3, -0.25) is 10.1 Å². The predicted octanol–water partition coefficient (Wildman–Crippen LogP) is 2.67. The Labute approximate surface area is 161 Å². The third-order valence-corrected chi connectivity index (χ3v) is 4.27. The molecule has 0 fully saturated rings. The average molecular weight is 391 g/mol. The molecule has 27 heavy (non-hydrogen) atoms. The van der Waals surface area contributed by atoms with E-state index in [0.717, 1.165) is 5.69 Å². The zero-order chi connectivity index (χ0) is 19.8. The van der Waals surface area contributed by atoms with Crippen LogP contribution in [0.3, 0.4) is 0 Å². The second-order valence-corrected chi connectivity index (χ2v) is 6.98. The fourth-order valence-corrected chi connectivity index (χ4v) is 2.99. The van der Waals surface area contributed by atoms with Gasteiger partial charge < -0.3 is 14.6 Å². The Morgan fingerprint density at radius 1 is 1.26 bits per heavy atom. The van der Waals surface area contributed by atoms with E-state index in [9.17, 15) is 14.4 Å². The van der Waals surface area contributed by atoms with Crippen molar-refractivity contribution >= 4 is 29.7 Å². The van der Waals surface area contributed by atoms with Crippen molar-refractivity contribution in [2.45, 2.75) is 37.5 Å². The first-order chi connectivity index (χ1) is 12.8. The number of imide groups is 1. The molecule has 0 aliphatic heterocycles. The van der Waals surface area contributed by atoms with Gasteiger partial charge in [-0.1, -0.05) is 17.3 Å². The lowest BCUT2D eigenvalue weighted by Gasteiger charge is -2.10. The standard InChI is InChI=1S/C18H21N3O5S/c1-11(2)19-18(24)20-16(22)9-25-17(23)14-6-4-5-7-15(14)27-10-13-8-12(3)26-21-13/h4-8,11H,9-10H2,1-3H3,(H2,19,20,22,24). The molecule has 0 radical (unpaired) electrons. The monoisotopic (exact) mass is 391 g/mol. The zero-order valence-corrected chi connectivity index (χ0v) is 16.1. The lowest BCUT2D eigenvalue weighted by atomic mass is 10.2. The molecule has 0 spiro atoms. The lowest BCUT2D eigenvalue weighted by Crippen LogP contribution is -2.44. The molecule has 8 nitrogen and oxygen atoms in total. The summed E-state index contributed by atoms with van der Waals surface area (Å²) in [6, 6.07) is 7.97. The van der Waals surface area contributed by atoms with Gasteiger partial charge in [0, 0.05) is 22.8 Å². The molecule has 0 atom stereocenters. The van der Waals surface area contributed by atoms with E-state index in [4.69, 9.17) is 9.26 Å². The van der Waals surface area contributed by atoms with E-state index < -0.39 is 24.5 Å². The number of benzene rings is 1. The number of aromatic nitrogens is 1. The molecule has 0 aliphatic rings. The second-order valence-electron chi connectivity index (χ2n) is 5.97. The van der Waals surface area contributed by atoms with Crippen LogP contribution in [0.2, 0.25) is 0 Å². The SMILES string of the molecule is Cc1cc(CSc2ccccc2C(=O)OCC(=O)NC(=O)NC(C)C)no1. The molecule has 9 heteroatoms. The summed E-state index contributed by atoms with van der Waals surface area (Å²) in [5.74, 6) is -0.110. The molecular formula is C18H21N3O5S. The van der Waals surface area contributed by atoms with Gasteiger partial charge in [0.25, 0.3) is 5.91 Å². The van der Waals surface area contributed by atoms with Crippen LogP contribution < -0.4 is 10.6 Å². The molecule has 3 amide bonds. The Morgan fingerprint density at radius 2 is 2.00 bits per heavy atom. The highest BCUT2D eigenvalue weighted by Gasteiger charge is 2.16. The summed E-state index contributed by atoms with van der Waals surface area (Å²) in [7, 11) is 0. The van der Waals surface area contributed by atoms with Gasteiger partial charge in [-0.05, 0) is 32.9 Å². The summed E-state index contributed by atoms with van der Waals surface area (Å²) in [4.78, 5) is 36.1. The number of nitrogens with zero attached hydrogens (tertiary/aromatic N) is 1. The van der Waals surface area contributed by atoms with Gasteiger partial charge in [0.2, 0.25) is 0 Å². The molecule has 2 aromatic rings. The fraction of sp³-hybridized carbons (Fsp3) is 0.333. The van der Waals surface area contributed by atoms with Crippen LogP contribution in [0, 0.1) is 6.92 Å². The number of amides is 3. The molecule has 0 saturated carbocycles. The number of carbonyl (C=O) groups excluding carboxylic acids is 3. The fourth-order valence-electron chi connectivity index (χ4n) is 2.07. The summed E-state index contributed by atoms with van der Waals surface area (Å²) in [5, 5.41) is 8.51. The van der Waals surface area contributed by atoms with Crippen LogP contribution in [0.15, 0.2) is 39.8 Å². The Morgan fingerprint density at radius 3 is 2.67 bits per heavy atom. The zero-order valence-electron chi connectivity index (χ0n) is 15.3. The van der Waals surface area contributed by atoms with Crippen molar-refractivity contribution in [2.75, 3.05) is 6.61 Å². The predicted molar refractivity (Wildman–Crippen MR) is 99.3 cm³/mol. The third-order valence-electron chi connectivity index (χ3n) is 3.17. The number of carbonyl (C=O) groups is 3. The molecular weight excluding hydrogens is 370 g/mol. The Kier molecular flexibility index (Phi) is 7.42. The van der Waals surface area contributed by atoms with Crippen molar-refractivity contribution in [3.63, 3.8) is 0 Å². The van der Waals surface area contributed by atoms with Crippen LogP contribution in [0.5, 0.6) is 0 Å². The number of hydrogen-bond donors (Lipinski definition) is 2. The van der Waals surface area contributed by atoms with Crippen LogP contribution in [0.4, 0.5) is 4.79 Å². The Bertz CT molecular complexity index is 819. The molecule has 0 saturated heterocycles. The summed E-state index contributed by atoms with van der Waals surface area (Å²) in [6.07, 6.45) is 0. The summed E-state index contributed by atoms with van der Waals surface area (Å²) >= 11 is 1.41. The van der Waals surface area contributed by atoms with Gasteiger partial charge in [0.1, 0.15) is 5.76 Å². The van der Waals surface area contributed by atoms with Crippen molar-refractivity contribution in [1.82, 2.24) is 15.8 Å². The van der Waals surface area contributed by atoms with E-state index in [1.54, 1.807) is 45.0 Å². The smallest absolute Gasteiger partial charge is 0.339 e. The van der Waals surface area contributed by atoms with E-state index in [-0.39, 0.29) is 6.04 Å².